The molecule has 3 amide bonds. The lowest BCUT2D eigenvalue weighted by atomic mass is 10.1. The van der Waals surface area contributed by atoms with Crippen molar-refractivity contribution in [1.29, 1.82) is 0 Å². The van der Waals surface area contributed by atoms with Crippen LogP contribution < -0.4 is 0 Å². The average Bonchev–Trinajstić information content (AvgIpc) is 3.17. The van der Waals surface area contributed by atoms with Gasteiger partial charge < -0.3 is 19.7 Å². The smallest absolute Gasteiger partial charge is 0.320 e. The lowest BCUT2D eigenvalue weighted by molar-refractivity contribution is -0.132. The SMILES string of the molecule is O=C(CCCc1c[nH]c2ccccc12)N1CCN(C(=O)N2CCCCC2)CC1. The van der Waals surface area contributed by atoms with Crippen LogP contribution >= 0.6 is 0 Å². The molecule has 0 radical (unpaired) electrons. The number of urea groups is 1. The van der Waals surface area contributed by atoms with Gasteiger partial charge in [0.15, 0.2) is 0 Å². The molecule has 2 saturated heterocycles. The fourth-order valence-corrected chi connectivity index (χ4v) is 4.36. The second-order valence-corrected chi connectivity index (χ2v) is 7.91. The highest BCUT2D eigenvalue weighted by molar-refractivity contribution is 5.83. The highest BCUT2D eigenvalue weighted by atomic mass is 16.2. The summed E-state index contributed by atoms with van der Waals surface area (Å²) in [5.41, 5.74) is 2.43. The molecule has 0 spiro atoms. The molecular weight excluding hydrogens is 352 g/mol. The Morgan fingerprint density at radius 1 is 0.857 bits per heavy atom. The maximum Gasteiger partial charge on any atom is 0.320 e. The summed E-state index contributed by atoms with van der Waals surface area (Å²) in [6.45, 7) is 4.39. The molecule has 6 nitrogen and oxygen atoms in total. The number of hydrogen-bond acceptors (Lipinski definition) is 2. The van der Waals surface area contributed by atoms with Crippen LogP contribution in [0.15, 0.2) is 30.5 Å². The van der Waals surface area contributed by atoms with Gasteiger partial charge in [-0.2, -0.15) is 0 Å². The summed E-state index contributed by atoms with van der Waals surface area (Å²) in [4.78, 5) is 34.3. The third kappa shape index (κ3) is 4.16. The first-order chi connectivity index (χ1) is 13.7. The highest BCUT2D eigenvalue weighted by Gasteiger charge is 2.27. The van der Waals surface area contributed by atoms with Crippen LogP contribution in [0.5, 0.6) is 0 Å². The molecule has 2 aromatic rings. The number of carbonyl (C=O) groups excluding carboxylic acids is 2. The first-order valence-corrected chi connectivity index (χ1v) is 10.6. The van der Waals surface area contributed by atoms with Crippen LogP contribution in [0.1, 0.15) is 37.7 Å². The number of rotatable bonds is 4. The molecule has 2 aliphatic rings. The number of amides is 3. The van der Waals surface area contributed by atoms with E-state index >= 15 is 0 Å². The quantitative estimate of drug-likeness (QED) is 0.882. The Kier molecular flexibility index (Phi) is 5.84. The van der Waals surface area contributed by atoms with Gasteiger partial charge in [0.05, 0.1) is 0 Å². The number of hydrogen-bond donors (Lipinski definition) is 1. The maximum absolute atomic E-state index is 12.6. The molecule has 1 aromatic carbocycles. The van der Waals surface area contributed by atoms with E-state index in [9.17, 15) is 9.59 Å². The molecule has 2 fully saturated rings. The van der Waals surface area contributed by atoms with Gasteiger partial charge in [0.1, 0.15) is 0 Å². The van der Waals surface area contributed by atoms with Crippen molar-refractivity contribution in [2.75, 3.05) is 39.3 Å². The predicted octanol–water partition coefficient (Wildman–Crippen LogP) is 3.24. The zero-order valence-corrected chi connectivity index (χ0v) is 16.5. The number of carbonyl (C=O) groups is 2. The predicted molar refractivity (Wildman–Crippen MR) is 110 cm³/mol. The Balaban J connectivity index is 1.21. The van der Waals surface area contributed by atoms with Crippen LogP contribution in [0, 0.1) is 0 Å². The second kappa shape index (κ2) is 8.67. The monoisotopic (exact) mass is 382 g/mol. The number of benzene rings is 1. The molecule has 0 aliphatic carbocycles. The number of likely N-dealkylation sites (tertiary alicyclic amines) is 1. The van der Waals surface area contributed by atoms with Crippen molar-refractivity contribution in [3.63, 3.8) is 0 Å². The van der Waals surface area contributed by atoms with Crippen LogP contribution in [0.3, 0.4) is 0 Å². The lowest BCUT2D eigenvalue weighted by Crippen LogP contribution is -2.54. The zero-order valence-electron chi connectivity index (χ0n) is 16.5. The van der Waals surface area contributed by atoms with Gasteiger partial charge in [0.2, 0.25) is 5.91 Å². The third-order valence-electron chi connectivity index (χ3n) is 6.04. The van der Waals surface area contributed by atoms with Gasteiger partial charge in [0, 0.05) is 62.8 Å². The van der Waals surface area contributed by atoms with E-state index in [0.29, 0.717) is 32.6 Å². The summed E-state index contributed by atoms with van der Waals surface area (Å²) < 4.78 is 0. The van der Waals surface area contributed by atoms with Crippen LogP contribution in [-0.4, -0.2) is 70.9 Å². The molecule has 0 bridgehead atoms. The number of piperidine rings is 1. The summed E-state index contributed by atoms with van der Waals surface area (Å²) in [6.07, 6.45) is 7.84. The third-order valence-corrected chi connectivity index (χ3v) is 6.04. The zero-order chi connectivity index (χ0) is 19.3. The maximum atomic E-state index is 12.6. The minimum Gasteiger partial charge on any atom is -0.361 e. The van der Waals surface area contributed by atoms with Crippen molar-refractivity contribution < 1.29 is 9.59 Å². The Hall–Kier alpha value is -2.50. The molecule has 0 unspecified atom stereocenters. The fraction of sp³-hybridized carbons (Fsp3) is 0.545. The number of H-pyrrole nitrogens is 1. The van der Waals surface area contributed by atoms with E-state index in [0.717, 1.165) is 44.3 Å². The van der Waals surface area contributed by atoms with E-state index in [2.05, 4.69) is 29.4 Å². The first-order valence-electron chi connectivity index (χ1n) is 10.6. The highest BCUT2D eigenvalue weighted by Crippen LogP contribution is 2.20. The van der Waals surface area contributed by atoms with Gasteiger partial charge in [-0.15, -0.1) is 0 Å². The number of nitrogens with one attached hydrogen (secondary N) is 1. The molecule has 1 aromatic heterocycles. The molecule has 150 valence electrons. The van der Waals surface area contributed by atoms with Crippen LogP contribution in [-0.2, 0) is 11.2 Å². The average molecular weight is 383 g/mol. The number of aromatic nitrogens is 1. The number of aromatic amines is 1. The fourth-order valence-electron chi connectivity index (χ4n) is 4.36. The van der Waals surface area contributed by atoms with E-state index in [4.69, 9.17) is 0 Å². The summed E-state index contributed by atoms with van der Waals surface area (Å²) in [6, 6.07) is 8.44. The Morgan fingerprint density at radius 3 is 2.32 bits per heavy atom. The summed E-state index contributed by atoms with van der Waals surface area (Å²) in [7, 11) is 0. The number of piperazine rings is 1. The van der Waals surface area contributed by atoms with Crippen LogP contribution in [0.4, 0.5) is 4.79 Å². The standard InChI is InChI=1S/C22H30N4O2/c27-21(10-6-7-18-17-23-20-9-3-2-8-19(18)20)24-13-15-26(16-14-24)22(28)25-11-4-1-5-12-25/h2-3,8-9,17,23H,1,4-7,10-16H2. The van der Waals surface area contributed by atoms with Crippen molar-refractivity contribution in [3.05, 3.63) is 36.0 Å². The number of para-hydroxylation sites is 1. The molecule has 1 N–H and O–H groups in total. The van der Waals surface area contributed by atoms with Gasteiger partial charge in [-0.25, -0.2) is 4.79 Å². The Labute approximate surface area is 166 Å². The lowest BCUT2D eigenvalue weighted by Gasteiger charge is -2.38. The summed E-state index contributed by atoms with van der Waals surface area (Å²) in [5, 5.41) is 1.25. The van der Waals surface area contributed by atoms with Gasteiger partial charge in [-0.1, -0.05) is 18.2 Å². The van der Waals surface area contributed by atoms with Crippen LogP contribution in [0.25, 0.3) is 10.9 Å². The van der Waals surface area contributed by atoms with Crippen molar-refractivity contribution in [1.82, 2.24) is 19.7 Å². The van der Waals surface area contributed by atoms with Gasteiger partial charge in [-0.05, 0) is 43.7 Å². The number of aryl methyl sites for hydroxylation is 1. The Morgan fingerprint density at radius 2 is 1.54 bits per heavy atom. The largest absolute Gasteiger partial charge is 0.361 e. The van der Waals surface area contributed by atoms with Crippen molar-refractivity contribution in [3.8, 4) is 0 Å². The van der Waals surface area contributed by atoms with Crippen LogP contribution in [0.2, 0.25) is 0 Å². The van der Waals surface area contributed by atoms with E-state index in [1.54, 1.807) is 0 Å². The van der Waals surface area contributed by atoms with Crippen molar-refractivity contribution in [2.24, 2.45) is 0 Å². The normalized spacial score (nSPS) is 17.9. The minimum atomic E-state index is 0.158. The first kappa shape index (κ1) is 18.8. The molecule has 4 rings (SSSR count). The molecule has 3 heterocycles. The second-order valence-electron chi connectivity index (χ2n) is 7.91. The molecule has 28 heavy (non-hydrogen) atoms. The van der Waals surface area contributed by atoms with E-state index in [1.807, 2.05) is 20.8 Å². The van der Waals surface area contributed by atoms with Gasteiger partial charge >= 0.3 is 6.03 Å². The van der Waals surface area contributed by atoms with Crippen molar-refractivity contribution in [2.45, 2.75) is 38.5 Å². The van der Waals surface area contributed by atoms with Crippen molar-refractivity contribution >= 4 is 22.8 Å². The van der Waals surface area contributed by atoms with E-state index in [-0.39, 0.29) is 11.9 Å². The molecule has 0 saturated carbocycles. The summed E-state index contributed by atoms with van der Waals surface area (Å²) in [5.74, 6) is 0.213. The molecular formula is C22H30N4O2. The van der Waals surface area contributed by atoms with Gasteiger partial charge in [-0.3, -0.25) is 4.79 Å². The number of nitrogens with zero attached hydrogens (tertiary/aromatic N) is 3. The van der Waals surface area contributed by atoms with E-state index in [1.165, 1.54) is 17.4 Å². The van der Waals surface area contributed by atoms with Gasteiger partial charge in [0.25, 0.3) is 0 Å². The Bertz CT molecular complexity index is 817. The topological polar surface area (TPSA) is 59.7 Å². The number of fused-ring (bicyclic) bond motifs is 1. The van der Waals surface area contributed by atoms with E-state index < -0.39 is 0 Å². The molecule has 6 heteroatoms. The summed E-state index contributed by atoms with van der Waals surface area (Å²) >= 11 is 0. The molecule has 2 aliphatic heterocycles. The molecule has 0 atom stereocenters. The minimum absolute atomic E-state index is 0.158.